The third-order valence-electron chi connectivity index (χ3n) is 4.84. The third kappa shape index (κ3) is 2.78. The zero-order valence-electron chi connectivity index (χ0n) is 12.0. The lowest BCUT2D eigenvalue weighted by Crippen LogP contribution is -2.54. The fourth-order valence-corrected chi connectivity index (χ4v) is 3.77. The SMILES string of the molecule is CN1CCC(N2CCCC2C(=O)N2CCNCC2)C1. The van der Waals surface area contributed by atoms with E-state index in [1.807, 2.05) is 0 Å². The maximum absolute atomic E-state index is 12.7. The normalized spacial score (nSPS) is 34.1. The van der Waals surface area contributed by atoms with Crippen LogP contribution in [0.15, 0.2) is 0 Å². The van der Waals surface area contributed by atoms with E-state index in [2.05, 4.69) is 27.1 Å². The van der Waals surface area contributed by atoms with Gasteiger partial charge in [-0.3, -0.25) is 9.69 Å². The lowest BCUT2D eigenvalue weighted by molar-refractivity contribution is -0.137. The predicted octanol–water partition coefficient (Wildman–Crippen LogP) is -0.413. The number of hydrogen-bond acceptors (Lipinski definition) is 4. The van der Waals surface area contributed by atoms with Gasteiger partial charge in [0.2, 0.25) is 5.91 Å². The van der Waals surface area contributed by atoms with Gasteiger partial charge in [-0.2, -0.15) is 0 Å². The highest BCUT2D eigenvalue weighted by Gasteiger charge is 2.39. The fourth-order valence-electron chi connectivity index (χ4n) is 3.77. The van der Waals surface area contributed by atoms with E-state index < -0.39 is 0 Å². The van der Waals surface area contributed by atoms with Crippen molar-refractivity contribution >= 4 is 5.91 Å². The number of nitrogens with one attached hydrogen (secondary N) is 1. The minimum Gasteiger partial charge on any atom is -0.339 e. The Morgan fingerprint density at radius 3 is 2.58 bits per heavy atom. The predicted molar refractivity (Wildman–Crippen MR) is 75.1 cm³/mol. The van der Waals surface area contributed by atoms with E-state index >= 15 is 0 Å². The smallest absolute Gasteiger partial charge is 0.240 e. The van der Waals surface area contributed by atoms with Gasteiger partial charge in [0.1, 0.15) is 0 Å². The first-order chi connectivity index (χ1) is 9.25. The highest BCUT2D eigenvalue weighted by molar-refractivity contribution is 5.82. The highest BCUT2D eigenvalue weighted by atomic mass is 16.2. The molecule has 0 aliphatic carbocycles. The average molecular weight is 266 g/mol. The molecule has 5 nitrogen and oxygen atoms in total. The Balaban J connectivity index is 1.63. The van der Waals surface area contributed by atoms with E-state index in [4.69, 9.17) is 0 Å². The summed E-state index contributed by atoms with van der Waals surface area (Å²) in [6.45, 7) is 7.08. The molecule has 3 aliphatic heterocycles. The third-order valence-corrected chi connectivity index (χ3v) is 4.84. The monoisotopic (exact) mass is 266 g/mol. The van der Waals surface area contributed by atoms with E-state index in [9.17, 15) is 4.79 Å². The second kappa shape index (κ2) is 5.77. The van der Waals surface area contributed by atoms with Gasteiger partial charge in [0, 0.05) is 38.8 Å². The summed E-state index contributed by atoms with van der Waals surface area (Å²) in [6.07, 6.45) is 3.47. The van der Waals surface area contributed by atoms with Crippen molar-refractivity contribution in [2.45, 2.75) is 31.3 Å². The molecule has 1 amide bonds. The number of likely N-dealkylation sites (N-methyl/N-ethyl adjacent to an activating group) is 1. The molecule has 3 rings (SSSR count). The molecular formula is C14H26N4O. The van der Waals surface area contributed by atoms with Crippen LogP contribution in [0.3, 0.4) is 0 Å². The van der Waals surface area contributed by atoms with Gasteiger partial charge in [-0.05, 0) is 39.4 Å². The maximum atomic E-state index is 12.7. The van der Waals surface area contributed by atoms with E-state index in [1.54, 1.807) is 0 Å². The number of hydrogen-bond donors (Lipinski definition) is 1. The first kappa shape index (κ1) is 13.3. The van der Waals surface area contributed by atoms with Crippen molar-refractivity contribution in [2.24, 2.45) is 0 Å². The summed E-state index contributed by atoms with van der Waals surface area (Å²) >= 11 is 0. The van der Waals surface area contributed by atoms with E-state index in [0.717, 1.165) is 45.7 Å². The zero-order valence-corrected chi connectivity index (χ0v) is 12.0. The number of carbonyl (C=O) groups is 1. The van der Waals surface area contributed by atoms with E-state index in [-0.39, 0.29) is 6.04 Å². The fraction of sp³-hybridized carbons (Fsp3) is 0.929. The quantitative estimate of drug-likeness (QED) is 0.737. The average Bonchev–Trinajstić information content (AvgIpc) is 3.07. The Labute approximate surface area is 115 Å². The molecule has 0 aromatic heterocycles. The van der Waals surface area contributed by atoms with E-state index in [1.165, 1.54) is 19.4 Å². The summed E-state index contributed by atoms with van der Waals surface area (Å²) in [6, 6.07) is 0.763. The van der Waals surface area contributed by atoms with Gasteiger partial charge in [0.15, 0.2) is 0 Å². The van der Waals surface area contributed by atoms with Gasteiger partial charge in [-0.1, -0.05) is 0 Å². The van der Waals surface area contributed by atoms with Crippen LogP contribution in [0.4, 0.5) is 0 Å². The van der Waals surface area contributed by atoms with Crippen molar-refractivity contribution < 1.29 is 4.79 Å². The van der Waals surface area contributed by atoms with Crippen molar-refractivity contribution in [1.82, 2.24) is 20.0 Å². The summed E-state index contributed by atoms with van der Waals surface area (Å²) in [5.41, 5.74) is 0. The Kier molecular flexibility index (Phi) is 4.05. The lowest BCUT2D eigenvalue weighted by atomic mass is 10.1. The van der Waals surface area contributed by atoms with Crippen LogP contribution in [-0.4, -0.2) is 85.6 Å². The molecule has 3 heterocycles. The first-order valence-corrected chi connectivity index (χ1v) is 7.69. The van der Waals surface area contributed by atoms with Crippen LogP contribution in [0.1, 0.15) is 19.3 Å². The van der Waals surface area contributed by atoms with Gasteiger partial charge < -0.3 is 15.1 Å². The number of rotatable bonds is 2. The molecule has 19 heavy (non-hydrogen) atoms. The Morgan fingerprint density at radius 2 is 1.89 bits per heavy atom. The molecular weight excluding hydrogens is 240 g/mol. The molecule has 2 unspecified atom stereocenters. The van der Waals surface area contributed by atoms with Crippen LogP contribution in [0.5, 0.6) is 0 Å². The minimum atomic E-state index is 0.162. The van der Waals surface area contributed by atoms with Crippen LogP contribution < -0.4 is 5.32 Å². The van der Waals surface area contributed by atoms with Gasteiger partial charge in [-0.25, -0.2) is 0 Å². The van der Waals surface area contributed by atoms with Crippen molar-refractivity contribution in [3.05, 3.63) is 0 Å². The van der Waals surface area contributed by atoms with Crippen molar-refractivity contribution in [3.8, 4) is 0 Å². The molecule has 1 N–H and O–H groups in total. The number of amides is 1. The van der Waals surface area contributed by atoms with Crippen LogP contribution in [-0.2, 0) is 4.79 Å². The molecule has 0 bridgehead atoms. The summed E-state index contributed by atoms with van der Waals surface area (Å²) in [5.74, 6) is 0.383. The van der Waals surface area contributed by atoms with Crippen LogP contribution in [0.25, 0.3) is 0 Å². The Morgan fingerprint density at radius 1 is 1.11 bits per heavy atom. The zero-order chi connectivity index (χ0) is 13.2. The lowest BCUT2D eigenvalue weighted by Gasteiger charge is -2.35. The highest BCUT2D eigenvalue weighted by Crippen LogP contribution is 2.26. The van der Waals surface area contributed by atoms with Crippen molar-refractivity contribution in [3.63, 3.8) is 0 Å². The summed E-state index contributed by atoms with van der Waals surface area (Å²) in [5, 5.41) is 3.32. The molecule has 108 valence electrons. The first-order valence-electron chi connectivity index (χ1n) is 7.69. The summed E-state index contributed by atoms with van der Waals surface area (Å²) in [7, 11) is 2.18. The molecule has 0 spiro atoms. The standard InChI is InChI=1S/C14H26N4O/c1-16-8-4-12(11-16)18-7-2-3-13(18)14(19)17-9-5-15-6-10-17/h12-13,15H,2-11H2,1H3. The van der Waals surface area contributed by atoms with Crippen LogP contribution in [0, 0.1) is 0 Å². The molecule has 5 heteroatoms. The largest absolute Gasteiger partial charge is 0.339 e. The molecule has 0 aromatic carbocycles. The molecule has 0 radical (unpaired) electrons. The number of carbonyl (C=O) groups excluding carboxylic acids is 1. The maximum Gasteiger partial charge on any atom is 0.240 e. The van der Waals surface area contributed by atoms with Gasteiger partial charge >= 0.3 is 0 Å². The molecule has 3 aliphatic rings. The summed E-state index contributed by atoms with van der Waals surface area (Å²) in [4.78, 5) is 19.6. The van der Waals surface area contributed by atoms with Gasteiger partial charge in [0.05, 0.1) is 6.04 Å². The second-order valence-corrected chi connectivity index (χ2v) is 6.18. The minimum absolute atomic E-state index is 0.162. The Hall–Kier alpha value is -0.650. The second-order valence-electron chi connectivity index (χ2n) is 6.18. The van der Waals surface area contributed by atoms with Gasteiger partial charge in [-0.15, -0.1) is 0 Å². The van der Waals surface area contributed by atoms with Crippen molar-refractivity contribution in [2.75, 3.05) is 52.9 Å². The molecule has 0 aromatic rings. The molecule has 3 saturated heterocycles. The number of likely N-dealkylation sites (tertiary alicyclic amines) is 2. The van der Waals surface area contributed by atoms with Crippen LogP contribution in [0.2, 0.25) is 0 Å². The van der Waals surface area contributed by atoms with Gasteiger partial charge in [0.25, 0.3) is 0 Å². The van der Waals surface area contributed by atoms with Crippen LogP contribution >= 0.6 is 0 Å². The number of piperazine rings is 1. The molecule has 2 atom stereocenters. The molecule has 3 fully saturated rings. The van der Waals surface area contributed by atoms with Crippen molar-refractivity contribution in [1.29, 1.82) is 0 Å². The topological polar surface area (TPSA) is 38.8 Å². The number of nitrogens with zero attached hydrogens (tertiary/aromatic N) is 3. The molecule has 0 saturated carbocycles. The summed E-state index contributed by atoms with van der Waals surface area (Å²) < 4.78 is 0. The van der Waals surface area contributed by atoms with E-state index in [0.29, 0.717) is 11.9 Å². The Bertz CT molecular complexity index is 329.